The average Bonchev–Trinajstić information content (AvgIpc) is 2.71. The van der Waals surface area contributed by atoms with Crippen molar-refractivity contribution in [2.24, 2.45) is 0 Å². The number of methoxy groups -OCH3 is 1. The van der Waals surface area contributed by atoms with Crippen LogP contribution in [0.2, 0.25) is 0 Å². The molecule has 2 nitrogen and oxygen atoms in total. The lowest BCUT2D eigenvalue weighted by molar-refractivity contribution is 0.411. The largest absolute Gasteiger partial charge is 0.496 e. The SMILES string of the molecule is COc1cc(C2CCNC2)c(C)cc1Br. The van der Waals surface area contributed by atoms with Crippen LogP contribution in [0.5, 0.6) is 5.75 Å². The summed E-state index contributed by atoms with van der Waals surface area (Å²) in [6, 6.07) is 4.31. The van der Waals surface area contributed by atoms with Gasteiger partial charge in [0.1, 0.15) is 5.75 Å². The number of hydrogen-bond donors (Lipinski definition) is 1. The predicted octanol–water partition coefficient (Wildman–Crippen LogP) is 2.84. The molecular weight excluding hydrogens is 254 g/mol. The maximum Gasteiger partial charge on any atom is 0.133 e. The van der Waals surface area contributed by atoms with Crippen LogP contribution in [0.4, 0.5) is 0 Å². The van der Waals surface area contributed by atoms with E-state index >= 15 is 0 Å². The maximum absolute atomic E-state index is 5.33. The Morgan fingerprint density at radius 1 is 1.47 bits per heavy atom. The molecule has 2 rings (SSSR count). The van der Waals surface area contributed by atoms with Crippen LogP contribution in [-0.2, 0) is 0 Å². The summed E-state index contributed by atoms with van der Waals surface area (Å²) in [6.07, 6.45) is 1.23. The van der Waals surface area contributed by atoms with E-state index in [0.717, 1.165) is 23.3 Å². The van der Waals surface area contributed by atoms with Crippen molar-refractivity contribution >= 4 is 15.9 Å². The van der Waals surface area contributed by atoms with Gasteiger partial charge in [0.15, 0.2) is 0 Å². The summed E-state index contributed by atoms with van der Waals surface area (Å²) in [6.45, 7) is 4.38. The second-order valence-electron chi connectivity index (χ2n) is 4.03. The molecule has 0 saturated carbocycles. The van der Waals surface area contributed by atoms with Gasteiger partial charge >= 0.3 is 0 Å². The maximum atomic E-state index is 5.33. The number of halogens is 1. The second-order valence-corrected chi connectivity index (χ2v) is 4.89. The van der Waals surface area contributed by atoms with Gasteiger partial charge in [-0.15, -0.1) is 0 Å². The first-order valence-electron chi connectivity index (χ1n) is 5.27. The van der Waals surface area contributed by atoms with Crippen LogP contribution >= 0.6 is 15.9 Å². The molecule has 1 atom stereocenters. The molecule has 1 saturated heterocycles. The molecule has 3 heteroatoms. The number of ether oxygens (including phenoxy) is 1. The van der Waals surface area contributed by atoms with Gasteiger partial charge < -0.3 is 10.1 Å². The molecule has 1 unspecified atom stereocenters. The van der Waals surface area contributed by atoms with Crippen molar-refractivity contribution in [1.82, 2.24) is 5.32 Å². The fraction of sp³-hybridized carbons (Fsp3) is 0.500. The summed E-state index contributed by atoms with van der Waals surface area (Å²) in [4.78, 5) is 0. The summed E-state index contributed by atoms with van der Waals surface area (Å²) >= 11 is 3.51. The van der Waals surface area contributed by atoms with Gasteiger partial charge in [0.2, 0.25) is 0 Å². The van der Waals surface area contributed by atoms with Gasteiger partial charge in [0, 0.05) is 6.54 Å². The monoisotopic (exact) mass is 269 g/mol. The van der Waals surface area contributed by atoms with Gasteiger partial charge in [-0.1, -0.05) is 0 Å². The first kappa shape index (κ1) is 11.0. The van der Waals surface area contributed by atoms with E-state index in [2.05, 4.69) is 40.3 Å². The number of hydrogen-bond acceptors (Lipinski definition) is 2. The van der Waals surface area contributed by atoms with E-state index in [1.165, 1.54) is 17.5 Å². The third kappa shape index (κ3) is 2.18. The van der Waals surface area contributed by atoms with E-state index in [9.17, 15) is 0 Å². The number of benzene rings is 1. The minimum absolute atomic E-state index is 0.645. The summed E-state index contributed by atoms with van der Waals surface area (Å²) in [5.41, 5.74) is 2.76. The molecular formula is C12H16BrNO. The quantitative estimate of drug-likeness (QED) is 0.892. The van der Waals surface area contributed by atoms with Crippen molar-refractivity contribution in [3.8, 4) is 5.75 Å². The van der Waals surface area contributed by atoms with E-state index in [1.807, 2.05) is 0 Å². The first-order chi connectivity index (χ1) is 7.22. The van der Waals surface area contributed by atoms with Crippen LogP contribution in [0.15, 0.2) is 16.6 Å². The number of aryl methyl sites for hydroxylation is 1. The van der Waals surface area contributed by atoms with Gasteiger partial charge in [-0.25, -0.2) is 0 Å². The van der Waals surface area contributed by atoms with Gasteiger partial charge in [-0.05, 0) is 65.0 Å². The van der Waals surface area contributed by atoms with Crippen molar-refractivity contribution in [1.29, 1.82) is 0 Å². The van der Waals surface area contributed by atoms with E-state index in [1.54, 1.807) is 7.11 Å². The minimum atomic E-state index is 0.645. The fourth-order valence-electron chi connectivity index (χ4n) is 2.18. The Kier molecular flexibility index (Phi) is 3.32. The van der Waals surface area contributed by atoms with Crippen molar-refractivity contribution in [3.05, 3.63) is 27.7 Å². The van der Waals surface area contributed by atoms with Crippen LogP contribution < -0.4 is 10.1 Å². The lowest BCUT2D eigenvalue weighted by Crippen LogP contribution is -2.09. The Labute approximate surface area is 99.1 Å². The molecule has 0 aliphatic carbocycles. The minimum Gasteiger partial charge on any atom is -0.496 e. The van der Waals surface area contributed by atoms with Crippen LogP contribution in [0.25, 0.3) is 0 Å². The molecule has 0 radical (unpaired) electrons. The van der Waals surface area contributed by atoms with E-state index in [4.69, 9.17) is 4.74 Å². The molecule has 0 bridgehead atoms. The zero-order chi connectivity index (χ0) is 10.8. The molecule has 82 valence electrons. The van der Waals surface area contributed by atoms with Crippen LogP contribution in [0, 0.1) is 6.92 Å². The Hall–Kier alpha value is -0.540. The van der Waals surface area contributed by atoms with Crippen molar-refractivity contribution in [2.75, 3.05) is 20.2 Å². The van der Waals surface area contributed by atoms with E-state index in [0.29, 0.717) is 5.92 Å². The normalized spacial score (nSPS) is 20.6. The molecule has 15 heavy (non-hydrogen) atoms. The van der Waals surface area contributed by atoms with Crippen molar-refractivity contribution in [3.63, 3.8) is 0 Å². The summed E-state index contributed by atoms with van der Waals surface area (Å²) < 4.78 is 6.37. The van der Waals surface area contributed by atoms with Crippen LogP contribution in [0.3, 0.4) is 0 Å². The molecule has 0 amide bonds. The summed E-state index contributed by atoms with van der Waals surface area (Å²) in [7, 11) is 1.71. The fourth-order valence-corrected chi connectivity index (χ4v) is 2.80. The van der Waals surface area contributed by atoms with Gasteiger partial charge in [0.25, 0.3) is 0 Å². The van der Waals surface area contributed by atoms with Gasteiger partial charge in [-0.3, -0.25) is 0 Å². The highest BCUT2D eigenvalue weighted by atomic mass is 79.9. The Morgan fingerprint density at radius 3 is 2.87 bits per heavy atom. The predicted molar refractivity (Wildman–Crippen MR) is 65.7 cm³/mol. The van der Waals surface area contributed by atoms with Crippen molar-refractivity contribution in [2.45, 2.75) is 19.3 Å². The lowest BCUT2D eigenvalue weighted by atomic mass is 9.94. The molecule has 1 aromatic carbocycles. The molecule has 1 aliphatic rings. The lowest BCUT2D eigenvalue weighted by Gasteiger charge is -2.15. The average molecular weight is 270 g/mol. The van der Waals surface area contributed by atoms with Crippen molar-refractivity contribution < 1.29 is 4.74 Å². The first-order valence-corrected chi connectivity index (χ1v) is 6.06. The third-order valence-electron chi connectivity index (χ3n) is 3.04. The van der Waals surface area contributed by atoms with Crippen LogP contribution in [0.1, 0.15) is 23.5 Å². The topological polar surface area (TPSA) is 21.3 Å². The number of rotatable bonds is 2. The van der Waals surface area contributed by atoms with Crippen LogP contribution in [-0.4, -0.2) is 20.2 Å². The Morgan fingerprint density at radius 2 is 2.27 bits per heavy atom. The zero-order valence-corrected chi connectivity index (χ0v) is 10.7. The molecule has 1 N–H and O–H groups in total. The highest BCUT2D eigenvalue weighted by Crippen LogP contribution is 2.33. The highest BCUT2D eigenvalue weighted by molar-refractivity contribution is 9.10. The molecule has 1 aromatic rings. The smallest absolute Gasteiger partial charge is 0.133 e. The number of nitrogens with one attached hydrogen (secondary N) is 1. The molecule has 1 heterocycles. The van der Waals surface area contributed by atoms with Gasteiger partial charge in [-0.2, -0.15) is 0 Å². The molecule has 1 aliphatic heterocycles. The van der Waals surface area contributed by atoms with Gasteiger partial charge in [0.05, 0.1) is 11.6 Å². The molecule has 0 aromatic heterocycles. The third-order valence-corrected chi connectivity index (χ3v) is 3.66. The second kappa shape index (κ2) is 4.54. The zero-order valence-electron chi connectivity index (χ0n) is 9.14. The van der Waals surface area contributed by atoms with E-state index < -0.39 is 0 Å². The summed E-state index contributed by atoms with van der Waals surface area (Å²) in [5, 5.41) is 3.40. The molecule has 0 spiro atoms. The van der Waals surface area contributed by atoms with E-state index in [-0.39, 0.29) is 0 Å². The molecule has 1 fully saturated rings. The summed E-state index contributed by atoms with van der Waals surface area (Å²) in [5.74, 6) is 1.58. The highest BCUT2D eigenvalue weighted by Gasteiger charge is 2.19. The Balaban J connectivity index is 2.37. The standard InChI is InChI=1S/C12H16BrNO/c1-8-5-11(13)12(15-2)6-10(8)9-3-4-14-7-9/h5-6,9,14H,3-4,7H2,1-2H3. The Bertz CT molecular complexity index is 359.